The normalized spacial score (nSPS) is 9.90. The zero-order chi connectivity index (χ0) is 15.1. The third kappa shape index (κ3) is 5.94. The Morgan fingerprint density at radius 2 is 1.95 bits per heavy atom. The van der Waals surface area contributed by atoms with Crippen LogP contribution in [0.1, 0.15) is 6.92 Å². The van der Waals surface area contributed by atoms with Crippen LogP contribution in [0.25, 0.3) is 0 Å². The zero-order valence-corrected chi connectivity index (χ0v) is 12.2. The Kier molecular flexibility index (Phi) is 6.33. The lowest BCUT2D eigenvalue weighted by Crippen LogP contribution is -2.16. The quantitative estimate of drug-likeness (QED) is 0.746. The second kappa shape index (κ2) is 7.76. The van der Waals surface area contributed by atoms with Gasteiger partial charge in [-0.15, -0.1) is 11.8 Å². The number of thioether (sulfide) groups is 1. The van der Waals surface area contributed by atoms with E-state index in [0.29, 0.717) is 16.4 Å². The molecule has 0 atom stereocenters. The van der Waals surface area contributed by atoms with Crippen molar-refractivity contribution >= 4 is 52.5 Å². The third-order valence-electron chi connectivity index (χ3n) is 2.02. The molecule has 1 aromatic carbocycles. The van der Waals surface area contributed by atoms with E-state index >= 15 is 0 Å². The first-order chi connectivity index (χ1) is 9.38. The smallest absolute Gasteiger partial charge is 0.313 e. The Morgan fingerprint density at radius 3 is 2.55 bits per heavy atom. The van der Waals surface area contributed by atoms with Gasteiger partial charge in [-0.05, 0) is 18.2 Å². The summed E-state index contributed by atoms with van der Waals surface area (Å²) in [5.74, 6) is -1.71. The van der Waals surface area contributed by atoms with Crippen LogP contribution in [-0.4, -0.2) is 34.4 Å². The number of amides is 2. The molecule has 0 bridgehead atoms. The van der Waals surface area contributed by atoms with Crippen molar-refractivity contribution in [2.45, 2.75) is 6.92 Å². The van der Waals surface area contributed by atoms with E-state index < -0.39 is 5.97 Å². The van der Waals surface area contributed by atoms with E-state index in [1.165, 1.54) is 13.0 Å². The summed E-state index contributed by atoms with van der Waals surface area (Å²) in [6, 6.07) is 4.69. The molecule has 6 nitrogen and oxygen atoms in total. The van der Waals surface area contributed by atoms with Crippen LogP contribution < -0.4 is 10.6 Å². The van der Waals surface area contributed by atoms with Gasteiger partial charge >= 0.3 is 5.97 Å². The molecule has 0 aromatic heterocycles. The molecule has 0 aliphatic heterocycles. The molecule has 3 N–H and O–H groups in total. The summed E-state index contributed by atoms with van der Waals surface area (Å²) in [5, 5.41) is 13.9. The largest absolute Gasteiger partial charge is 0.481 e. The number of rotatable bonds is 6. The first-order valence-corrected chi connectivity index (χ1v) is 7.08. The predicted molar refractivity (Wildman–Crippen MR) is 79.3 cm³/mol. The molecule has 8 heteroatoms. The highest BCUT2D eigenvalue weighted by molar-refractivity contribution is 8.00. The predicted octanol–water partition coefficient (Wildman–Crippen LogP) is 2.05. The van der Waals surface area contributed by atoms with Crippen LogP contribution in [0.3, 0.4) is 0 Å². The Labute approximate surface area is 124 Å². The van der Waals surface area contributed by atoms with Crippen molar-refractivity contribution in [1.29, 1.82) is 0 Å². The van der Waals surface area contributed by atoms with Crippen molar-refractivity contribution in [2.24, 2.45) is 0 Å². The summed E-state index contributed by atoms with van der Waals surface area (Å²) in [5.41, 5.74) is 0.870. The number of carbonyl (C=O) groups excluding carboxylic acids is 2. The van der Waals surface area contributed by atoms with Crippen LogP contribution in [0.2, 0.25) is 5.02 Å². The van der Waals surface area contributed by atoms with Crippen LogP contribution >= 0.6 is 23.4 Å². The van der Waals surface area contributed by atoms with Gasteiger partial charge in [0, 0.05) is 12.6 Å². The lowest BCUT2D eigenvalue weighted by atomic mass is 10.2. The Hall–Kier alpha value is -1.73. The van der Waals surface area contributed by atoms with Crippen molar-refractivity contribution in [3.63, 3.8) is 0 Å². The van der Waals surface area contributed by atoms with E-state index in [0.717, 1.165) is 11.8 Å². The summed E-state index contributed by atoms with van der Waals surface area (Å²) in [4.78, 5) is 32.9. The van der Waals surface area contributed by atoms with Gasteiger partial charge < -0.3 is 15.7 Å². The molecule has 0 fully saturated rings. The molecule has 20 heavy (non-hydrogen) atoms. The molecule has 0 radical (unpaired) electrons. The van der Waals surface area contributed by atoms with E-state index in [2.05, 4.69) is 10.6 Å². The van der Waals surface area contributed by atoms with Gasteiger partial charge in [-0.3, -0.25) is 14.4 Å². The number of carboxylic acids is 1. The van der Waals surface area contributed by atoms with Gasteiger partial charge in [-0.1, -0.05) is 11.6 Å². The van der Waals surface area contributed by atoms with Crippen molar-refractivity contribution in [1.82, 2.24) is 0 Å². The van der Waals surface area contributed by atoms with Crippen molar-refractivity contribution < 1.29 is 19.5 Å². The third-order valence-corrected chi connectivity index (χ3v) is 3.27. The SMILES string of the molecule is CC(=O)Nc1ccc(Cl)c(NC(=O)CSCC(=O)O)c1. The van der Waals surface area contributed by atoms with Gasteiger partial charge in [-0.25, -0.2) is 0 Å². The number of carboxylic acid groups (broad SMARTS) is 1. The molecule has 0 unspecified atom stereocenters. The van der Waals surface area contributed by atoms with Gasteiger partial charge in [0.15, 0.2) is 0 Å². The van der Waals surface area contributed by atoms with Crippen molar-refractivity contribution in [2.75, 3.05) is 22.1 Å². The minimum Gasteiger partial charge on any atom is -0.481 e. The molecule has 0 saturated heterocycles. The molecule has 1 rings (SSSR count). The molecule has 0 aliphatic carbocycles. The monoisotopic (exact) mass is 316 g/mol. The summed E-state index contributed by atoms with van der Waals surface area (Å²) in [6.45, 7) is 1.37. The van der Waals surface area contributed by atoms with Gasteiger partial charge in [0.25, 0.3) is 0 Å². The first kappa shape index (κ1) is 16.3. The lowest BCUT2D eigenvalue weighted by Gasteiger charge is -2.09. The van der Waals surface area contributed by atoms with E-state index in [9.17, 15) is 14.4 Å². The van der Waals surface area contributed by atoms with E-state index in [4.69, 9.17) is 16.7 Å². The minimum atomic E-state index is -0.978. The highest BCUT2D eigenvalue weighted by atomic mass is 35.5. The fourth-order valence-corrected chi connectivity index (χ4v) is 2.02. The molecule has 0 saturated carbocycles. The fourth-order valence-electron chi connectivity index (χ4n) is 1.32. The molecule has 0 aliphatic rings. The summed E-state index contributed by atoms with van der Waals surface area (Å²) in [7, 11) is 0. The number of anilines is 2. The van der Waals surface area contributed by atoms with Crippen molar-refractivity contribution in [3.05, 3.63) is 23.2 Å². The number of hydrogen-bond donors (Lipinski definition) is 3. The Bertz CT molecular complexity index is 536. The van der Waals surface area contributed by atoms with Crippen molar-refractivity contribution in [3.8, 4) is 0 Å². The summed E-state index contributed by atoms with van der Waals surface area (Å²) >= 11 is 6.92. The van der Waals surface area contributed by atoms with Crippen LogP contribution in [0, 0.1) is 0 Å². The molecule has 2 amide bonds. The number of nitrogens with one attached hydrogen (secondary N) is 2. The van der Waals surface area contributed by atoms with E-state index in [1.807, 2.05) is 0 Å². The second-order valence-corrected chi connectivity index (χ2v) is 5.20. The topological polar surface area (TPSA) is 95.5 Å². The van der Waals surface area contributed by atoms with E-state index in [1.54, 1.807) is 12.1 Å². The molecule has 0 heterocycles. The van der Waals surface area contributed by atoms with E-state index in [-0.39, 0.29) is 23.3 Å². The van der Waals surface area contributed by atoms with Gasteiger partial charge in [0.05, 0.1) is 22.2 Å². The number of aliphatic carboxylic acids is 1. The highest BCUT2D eigenvalue weighted by Crippen LogP contribution is 2.25. The van der Waals surface area contributed by atoms with Crippen LogP contribution in [0.5, 0.6) is 0 Å². The molecule has 1 aromatic rings. The summed E-state index contributed by atoms with van der Waals surface area (Å²) < 4.78 is 0. The average molecular weight is 317 g/mol. The maximum Gasteiger partial charge on any atom is 0.313 e. The molecular weight excluding hydrogens is 304 g/mol. The minimum absolute atomic E-state index is 0.00694. The molecule has 108 valence electrons. The molecular formula is C12H13ClN2O4S. The number of halogens is 1. The maximum atomic E-state index is 11.6. The second-order valence-electron chi connectivity index (χ2n) is 3.81. The van der Waals surface area contributed by atoms with Gasteiger partial charge in [0.1, 0.15) is 0 Å². The van der Waals surface area contributed by atoms with Gasteiger partial charge in [0.2, 0.25) is 11.8 Å². The number of benzene rings is 1. The zero-order valence-electron chi connectivity index (χ0n) is 10.6. The molecule has 0 spiro atoms. The Balaban J connectivity index is 2.63. The van der Waals surface area contributed by atoms with Crippen LogP contribution in [-0.2, 0) is 14.4 Å². The summed E-state index contributed by atoms with van der Waals surface area (Å²) in [6.07, 6.45) is 0. The van der Waals surface area contributed by atoms with Gasteiger partial charge in [-0.2, -0.15) is 0 Å². The van der Waals surface area contributed by atoms with Crippen LogP contribution in [0.4, 0.5) is 11.4 Å². The lowest BCUT2D eigenvalue weighted by molar-refractivity contribution is -0.133. The fraction of sp³-hybridized carbons (Fsp3) is 0.250. The maximum absolute atomic E-state index is 11.6. The van der Waals surface area contributed by atoms with Crippen LogP contribution in [0.15, 0.2) is 18.2 Å². The Morgan fingerprint density at radius 1 is 1.25 bits per heavy atom. The highest BCUT2D eigenvalue weighted by Gasteiger charge is 2.08. The standard InChI is InChI=1S/C12H13ClN2O4S/c1-7(16)14-8-2-3-9(13)10(4-8)15-11(17)5-20-6-12(18)19/h2-4H,5-6H2,1H3,(H,14,16)(H,15,17)(H,18,19). The number of carbonyl (C=O) groups is 3. The average Bonchev–Trinajstić information content (AvgIpc) is 2.32. The first-order valence-electron chi connectivity index (χ1n) is 5.55. The number of hydrogen-bond acceptors (Lipinski definition) is 4.